The maximum atomic E-state index is 10.9. The number of nitrogens with zero attached hydrogens (tertiary/aromatic N) is 1. The molecule has 14 heavy (non-hydrogen) atoms. The minimum atomic E-state index is -0.607. The molecule has 0 aliphatic heterocycles. The Hall–Kier alpha value is -0.870. The Morgan fingerprint density at radius 3 is 2.50 bits per heavy atom. The predicted octanol–water partition coefficient (Wildman–Crippen LogP) is 0.173. The zero-order valence-electron chi connectivity index (χ0n) is 9.36. The van der Waals surface area contributed by atoms with Crippen LogP contribution in [-0.2, 0) is 9.53 Å². The number of likely N-dealkylation sites (N-methyl/N-ethyl adjacent to an activating group) is 1. The summed E-state index contributed by atoms with van der Waals surface area (Å²) in [5, 5.41) is 9.48. The van der Waals surface area contributed by atoms with Crippen LogP contribution in [-0.4, -0.2) is 56.0 Å². The molecular weight excluding hydrogens is 182 g/mol. The Morgan fingerprint density at radius 1 is 1.50 bits per heavy atom. The van der Waals surface area contributed by atoms with Gasteiger partial charge in [-0.05, 0) is 6.92 Å². The summed E-state index contributed by atoms with van der Waals surface area (Å²) < 4.78 is 5.45. The SMILES string of the molecule is CC=CC(=O)OCC(O)C[N+](C)(C)C. The number of hydrogen-bond donors (Lipinski definition) is 1. The lowest BCUT2D eigenvalue weighted by atomic mass is 10.3. The molecule has 1 N–H and O–H groups in total. The molecule has 0 aliphatic rings. The predicted molar refractivity (Wildman–Crippen MR) is 54.7 cm³/mol. The third-order valence-corrected chi connectivity index (χ3v) is 1.48. The molecule has 0 aromatic rings. The van der Waals surface area contributed by atoms with Gasteiger partial charge >= 0.3 is 5.97 Å². The average molecular weight is 202 g/mol. The van der Waals surface area contributed by atoms with Crippen LogP contribution >= 0.6 is 0 Å². The van der Waals surface area contributed by atoms with Crippen molar-refractivity contribution < 1.29 is 19.1 Å². The van der Waals surface area contributed by atoms with E-state index in [2.05, 4.69) is 0 Å². The fourth-order valence-corrected chi connectivity index (χ4v) is 1.05. The molecule has 4 heteroatoms. The number of hydrogen-bond acceptors (Lipinski definition) is 3. The van der Waals surface area contributed by atoms with Gasteiger partial charge in [0.25, 0.3) is 0 Å². The number of allylic oxidation sites excluding steroid dienone is 1. The topological polar surface area (TPSA) is 46.5 Å². The number of carbonyl (C=O) groups excluding carboxylic acids is 1. The molecule has 0 rings (SSSR count). The van der Waals surface area contributed by atoms with Gasteiger partial charge in [0.05, 0.1) is 21.1 Å². The normalized spacial score (nSPS) is 14.4. The highest BCUT2D eigenvalue weighted by Crippen LogP contribution is 1.96. The Balaban J connectivity index is 3.74. The number of quaternary nitrogens is 1. The standard InChI is InChI=1S/C10H20NO3/c1-5-6-10(13)14-8-9(12)7-11(2,3)4/h5-6,9,12H,7-8H2,1-4H3/q+1. The molecule has 0 saturated carbocycles. The first kappa shape index (κ1) is 13.1. The van der Waals surface area contributed by atoms with Crippen LogP contribution in [0.2, 0.25) is 0 Å². The van der Waals surface area contributed by atoms with Gasteiger partial charge in [-0.25, -0.2) is 4.79 Å². The number of rotatable bonds is 5. The van der Waals surface area contributed by atoms with E-state index in [0.717, 1.165) is 0 Å². The highest BCUT2D eigenvalue weighted by atomic mass is 16.5. The summed E-state index contributed by atoms with van der Waals surface area (Å²) in [6, 6.07) is 0. The van der Waals surface area contributed by atoms with E-state index in [1.54, 1.807) is 13.0 Å². The lowest BCUT2D eigenvalue weighted by Crippen LogP contribution is -2.43. The van der Waals surface area contributed by atoms with E-state index in [-0.39, 0.29) is 6.61 Å². The van der Waals surface area contributed by atoms with Crippen molar-refractivity contribution in [3.8, 4) is 0 Å². The summed E-state index contributed by atoms with van der Waals surface area (Å²) in [5.41, 5.74) is 0. The molecule has 0 aliphatic carbocycles. The van der Waals surface area contributed by atoms with Crippen molar-refractivity contribution in [2.45, 2.75) is 13.0 Å². The molecule has 0 amide bonds. The third-order valence-electron chi connectivity index (χ3n) is 1.48. The summed E-state index contributed by atoms with van der Waals surface area (Å²) in [6.45, 7) is 2.35. The zero-order valence-corrected chi connectivity index (χ0v) is 9.36. The van der Waals surface area contributed by atoms with Crippen molar-refractivity contribution in [2.75, 3.05) is 34.3 Å². The summed E-state index contributed by atoms with van der Waals surface area (Å²) in [5.74, 6) is -0.409. The van der Waals surface area contributed by atoms with Crippen LogP contribution in [0.1, 0.15) is 6.92 Å². The molecule has 0 fully saturated rings. The van der Waals surface area contributed by atoms with Crippen LogP contribution in [0, 0.1) is 0 Å². The third kappa shape index (κ3) is 7.76. The Kier molecular flexibility index (Phi) is 5.42. The summed E-state index contributed by atoms with van der Waals surface area (Å²) in [6.07, 6.45) is 2.33. The minimum absolute atomic E-state index is 0.0543. The molecule has 1 unspecified atom stereocenters. The van der Waals surface area contributed by atoms with Gasteiger partial charge in [0.1, 0.15) is 19.3 Å². The van der Waals surface area contributed by atoms with Crippen LogP contribution in [0.3, 0.4) is 0 Å². The number of esters is 1. The van der Waals surface area contributed by atoms with E-state index in [0.29, 0.717) is 11.0 Å². The fraction of sp³-hybridized carbons (Fsp3) is 0.700. The highest BCUT2D eigenvalue weighted by Gasteiger charge is 2.16. The van der Waals surface area contributed by atoms with Gasteiger partial charge in [0.15, 0.2) is 0 Å². The van der Waals surface area contributed by atoms with Crippen LogP contribution in [0.5, 0.6) is 0 Å². The fourth-order valence-electron chi connectivity index (χ4n) is 1.05. The van der Waals surface area contributed by atoms with Crippen LogP contribution in [0.4, 0.5) is 0 Å². The molecule has 0 aromatic carbocycles. The molecule has 0 radical (unpaired) electrons. The Bertz CT molecular complexity index is 206. The van der Waals surface area contributed by atoms with Crippen molar-refractivity contribution >= 4 is 5.97 Å². The monoisotopic (exact) mass is 202 g/mol. The first-order chi connectivity index (χ1) is 6.35. The van der Waals surface area contributed by atoms with E-state index in [1.165, 1.54) is 6.08 Å². The van der Waals surface area contributed by atoms with Crippen molar-refractivity contribution in [1.82, 2.24) is 0 Å². The molecule has 0 spiro atoms. The van der Waals surface area contributed by atoms with Crippen LogP contribution in [0.25, 0.3) is 0 Å². The molecule has 0 heterocycles. The van der Waals surface area contributed by atoms with Gasteiger partial charge in [0, 0.05) is 6.08 Å². The van der Waals surface area contributed by atoms with Gasteiger partial charge in [0.2, 0.25) is 0 Å². The number of aliphatic hydroxyl groups is 1. The van der Waals surface area contributed by atoms with E-state index < -0.39 is 12.1 Å². The second kappa shape index (κ2) is 5.78. The van der Waals surface area contributed by atoms with Crippen LogP contribution < -0.4 is 0 Å². The van der Waals surface area contributed by atoms with Crippen molar-refractivity contribution in [3.05, 3.63) is 12.2 Å². The molecule has 82 valence electrons. The van der Waals surface area contributed by atoms with Gasteiger partial charge in [-0.15, -0.1) is 0 Å². The first-order valence-electron chi connectivity index (χ1n) is 4.63. The zero-order chi connectivity index (χ0) is 11.2. The summed E-state index contributed by atoms with van der Waals surface area (Å²) in [4.78, 5) is 10.9. The second-order valence-corrected chi connectivity index (χ2v) is 4.26. The number of ether oxygens (including phenoxy) is 1. The summed E-state index contributed by atoms with van der Waals surface area (Å²) in [7, 11) is 5.91. The van der Waals surface area contributed by atoms with Crippen LogP contribution in [0.15, 0.2) is 12.2 Å². The van der Waals surface area contributed by atoms with E-state index in [1.807, 2.05) is 21.1 Å². The molecule has 0 bridgehead atoms. The lowest BCUT2D eigenvalue weighted by molar-refractivity contribution is -0.873. The number of carbonyl (C=O) groups is 1. The van der Waals surface area contributed by atoms with Gasteiger partial charge < -0.3 is 14.3 Å². The van der Waals surface area contributed by atoms with Gasteiger partial charge in [-0.3, -0.25) is 0 Å². The Morgan fingerprint density at radius 2 is 2.07 bits per heavy atom. The smallest absolute Gasteiger partial charge is 0.330 e. The lowest BCUT2D eigenvalue weighted by Gasteiger charge is -2.26. The average Bonchev–Trinajstić information content (AvgIpc) is 1.98. The quantitative estimate of drug-likeness (QED) is 0.393. The van der Waals surface area contributed by atoms with E-state index in [9.17, 15) is 9.90 Å². The van der Waals surface area contributed by atoms with Crippen molar-refractivity contribution in [3.63, 3.8) is 0 Å². The van der Waals surface area contributed by atoms with Crippen molar-refractivity contribution in [1.29, 1.82) is 0 Å². The van der Waals surface area contributed by atoms with Crippen molar-refractivity contribution in [2.24, 2.45) is 0 Å². The first-order valence-corrected chi connectivity index (χ1v) is 4.63. The summed E-state index contributed by atoms with van der Waals surface area (Å²) >= 11 is 0. The van der Waals surface area contributed by atoms with Gasteiger partial charge in [-0.2, -0.15) is 0 Å². The van der Waals surface area contributed by atoms with E-state index >= 15 is 0 Å². The Labute approximate surface area is 85.4 Å². The molecule has 0 aromatic heterocycles. The maximum absolute atomic E-state index is 10.9. The van der Waals surface area contributed by atoms with Gasteiger partial charge in [-0.1, -0.05) is 6.08 Å². The molecule has 4 nitrogen and oxygen atoms in total. The largest absolute Gasteiger partial charge is 0.460 e. The highest BCUT2D eigenvalue weighted by molar-refractivity contribution is 5.81. The molecule has 1 atom stereocenters. The second-order valence-electron chi connectivity index (χ2n) is 4.26. The minimum Gasteiger partial charge on any atom is -0.460 e. The number of aliphatic hydroxyl groups excluding tert-OH is 1. The molecule has 0 saturated heterocycles. The van der Waals surface area contributed by atoms with E-state index in [4.69, 9.17) is 4.74 Å². The molecular formula is C10H20NO3+. The maximum Gasteiger partial charge on any atom is 0.330 e.